The summed E-state index contributed by atoms with van der Waals surface area (Å²) < 4.78 is 32.4. The van der Waals surface area contributed by atoms with E-state index in [9.17, 15) is 18.7 Å². The van der Waals surface area contributed by atoms with Gasteiger partial charge in [0.2, 0.25) is 0 Å². The van der Waals surface area contributed by atoms with Gasteiger partial charge in [0.25, 0.3) is 5.91 Å². The quantitative estimate of drug-likeness (QED) is 0.554. The van der Waals surface area contributed by atoms with Gasteiger partial charge in [0.15, 0.2) is 5.76 Å². The van der Waals surface area contributed by atoms with Gasteiger partial charge in [-0.3, -0.25) is 4.79 Å². The van der Waals surface area contributed by atoms with Crippen molar-refractivity contribution in [3.8, 4) is 5.75 Å². The number of aliphatic hydroxyl groups excluding tert-OH is 1. The number of carbonyl (C=O) groups excluding carboxylic acids is 1. The molecule has 1 aliphatic rings. The normalized spacial score (nSPS) is 16.2. The van der Waals surface area contributed by atoms with Crippen LogP contribution >= 0.6 is 11.6 Å². The zero-order chi connectivity index (χ0) is 22.1. The zero-order valence-corrected chi connectivity index (χ0v) is 17.2. The number of hydrogen-bond donors (Lipinski definition) is 1. The first-order valence-corrected chi connectivity index (χ1v) is 9.84. The maximum absolute atomic E-state index is 13.8. The molecule has 3 aromatic rings. The van der Waals surface area contributed by atoms with E-state index in [1.165, 1.54) is 47.4 Å². The van der Waals surface area contributed by atoms with Crippen molar-refractivity contribution in [2.75, 3.05) is 7.11 Å². The van der Waals surface area contributed by atoms with Gasteiger partial charge in [0.1, 0.15) is 17.4 Å². The Hall–Kier alpha value is -3.38. The smallest absolute Gasteiger partial charge is 0.290 e. The number of nitrogens with zero attached hydrogens (tertiary/aromatic N) is 1. The van der Waals surface area contributed by atoms with Crippen molar-refractivity contribution in [2.24, 2.45) is 0 Å². The highest BCUT2D eigenvalue weighted by Crippen LogP contribution is 2.44. The van der Waals surface area contributed by atoms with Gasteiger partial charge in [-0.05, 0) is 53.1 Å². The summed E-state index contributed by atoms with van der Waals surface area (Å²) in [6, 6.07) is 16.1. The second kappa shape index (κ2) is 8.40. The topological polar surface area (TPSA) is 49.8 Å². The molecule has 0 aromatic heterocycles. The molecular formula is C24H18ClF2NO3. The Labute approximate surface area is 183 Å². The van der Waals surface area contributed by atoms with Gasteiger partial charge in [0.05, 0.1) is 18.2 Å². The van der Waals surface area contributed by atoms with Crippen LogP contribution in [0.5, 0.6) is 5.75 Å². The molecular weight excluding hydrogens is 424 g/mol. The van der Waals surface area contributed by atoms with Crippen molar-refractivity contribution in [2.45, 2.75) is 12.6 Å². The highest BCUT2D eigenvalue weighted by Gasteiger charge is 2.41. The Morgan fingerprint density at radius 2 is 1.71 bits per heavy atom. The predicted molar refractivity (Wildman–Crippen MR) is 114 cm³/mol. The summed E-state index contributed by atoms with van der Waals surface area (Å²) in [7, 11) is 1.56. The molecule has 1 amide bonds. The van der Waals surface area contributed by atoms with Crippen LogP contribution in [0, 0.1) is 11.6 Å². The van der Waals surface area contributed by atoms with Gasteiger partial charge in [0, 0.05) is 12.1 Å². The Kier molecular flexibility index (Phi) is 5.65. The largest absolute Gasteiger partial charge is 0.503 e. The van der Waals surface area contributed by atoms with E-state index in [4.69, 9.17) is 16.3 Å². The molecule has 3 aromatic carbocycles. The summed E-state index contributed by atoms with van der Waals surface area (Å²) in [5.41, 5.74) is 2.12. The molecule has 1 aliphatic heterocycles. The molecule has 1 atom stereocenters. The second-order valence-corrected chi connectivity index (χ2v) is 7.53. The maximum Gasteiger partial charge on any atom is 0.290 e. The van der Waals surface area contributed by atoms with Crippen molar-refractivity contribution >= 4 is 23.1 Å². The zero-order valence-electron chi connectivity index (χ0n) is 16.5. The van der Waals surface area contributed by atoms with E-state index >= 15 is 0 Å². The number of amides is 1. The number of benzene rings is 3. The molecule has 4 nitrogen and oxygen atoms in total. The number of methoxy groups -OCH3 is 1. The lowest BCUT2D eigenvalue weighted by molar-refractivity contribution is -0.130. The molecule has 0 unspecified atom stereocenters. The molecule has 0 saturated heterocycles. The number of ether oxygens (including phenoxy) is 1. The van der Waals surface area contributed by atoms with Crippen molar-refractivity contribution in [3.05, 3.63) is 106 Å². The van der Waals surface area contributed by atoms with Crippen LogP contribution in [-0.4, -0.2) is 23.0 Å². The molecule has 0 radical (unpaired) electrons. The second-order valence-electron chi connectivity index (χ2n) is 7.13. The molecule has 1 heterocycles. The fraction of sp³-hybridized carbons (Fsp3) is 0.125. The van der Waals surface area contributed by atoms with Crippen molar-refractivity contribution in [3.63, 3.8) is 0 Å². The Balaban J connectivity index is 1.80. The molecule has 0 aliphatic carbocycles. The van der Waals surface area contributed by atoms with Gasteiger partial charge in [-0.1, -0.05) is 41.9 Å². The standard InChI is InChI=1S/C24H18ClF2NO3/c1-31-18-9-2-14(3-10-18)13-28-22(16-6-11-20(27)19(25)12-16)21(23(29)24(28)30)15-4-7-17(26)8-5-15/h2-12,22,29H,13H2,1H3/t22-/m0/s1. The summed E-state index contributed by atoms with van der Waals surface area (Å²) in [4.78, 5) is 14.5. The molecule has 31 heavy (non-hydrogen) atoms. The van der Waals surface area contributed by atoms with Crippen LogP contribution in [0.25, 0.3) is 5.57 Å². The van der Waals surface area contributed by atoms with E-state index in [0.717, 1.165) is 5.56 Å². The highest BCUT2D eigenvalue weighted by molar-refractivity contribution is 6.30. The molecule has 158 valence electrons. The Bertz CT molecular complexity index is 1160. The fourth-order valence-electron chi connectivity index (χ4n) is 3.70. The Morgan fingerprint density at radius 1 is 1.03 bits per heavy atom. The number of hydrogen-bond acceptors (Lipinski definition) is 3. The lowest BCUT2D eigenvalue weighted by Crippen LogP contribution is -2.29. The van der Waals surface area contributed by atoms with Crippen molar-refractivity contribution in [1.82, 2.24) is 4.90 Å². The Morgan fingerprint density at radius 3 is 2.32 bits per heavy atom. The van der Waals surface area contributed by atoms with Crippen LogP contribution in [0.15, 0.2) is 72.5 Å². The minimum Gasteiger partial charge on any atom is -0.503 e. The van der Waals surface area contributed by atoms with E-state index in [0.29, 0.717) is 22.4 Å². The predicted octanol–water partition coefficient (Wildman–Crippen LogP) is 5.68. The molecule has 0 fully saturated rings. The van der Waals surface area contributed by atoms with Crippen LogP contribution < -0.4 is 4.74 Å². The summed E-state index contributed by atoms with van der Waals surface area (Å²) in [5, 5.41) is 10.6. The lowest BCUT2D eigenvalue weighted by atomic mass is 9.93. The number of aliphatic hydroxyl groups is 1. The summed E-state index contributed by atoms with van der Waals surface area (Å²) in [6.45, 7) is 0.178. The first-order chi connectivity index (χ1) is 14.9. The van der Waals surface area contributed by atoms with Gasteiger partial charge in [-0.2, -0.15) is 0 Å². The van der Waals surface area contributed by atoms with Crippen molar-refractivity contribution in [1.29, 1.82) is 0 Å². The van der Waals surface area contributed by atoms with Crippen molar-refractivity contribution < 1.29 is 23.4 Å². The molecule has 0 bridgehead atoms. The van der Waals surface area contributed by atoms with Crippen LogP contribution in [0.2, 0.25) is 5.02 Å². The van der Waals surface area contributed by atoms with Gasteiger partial charge < -0.3 is 14.7 Å². The van der Waals surface area contributed by atoms with Crippen LogP contribution in [0.1, 0.15) is 22.7 Å². The molecule has 0 spiro atoms. The molecule has 4 rings (SSSR count). The van der Waals surface area contributed by atoms with E-state index in [2.05, 4.69) is 0 Å². The van der Waals surface area contributed by atoms with E-state index in [1.807, 2.05) is 12.1 Å². The molecule has 1 N–H and O–H groups in total. The average molecular weight is 442 g/mol. The first kappa shape index (κ1) is 20.9. The third-order valence-corrected chi connectivity index (χ3v) is 5.52. The van der Waals surface area contributed by atoms with Gasteiger partial charge in [-0.25, -0.2) is 8.78 Å². The lowest BCUT2D eigenvalue weighted by Gasteiger charge is -2.28. The number of halogens is 3. The van der Waals surface area contributed by atoms with E-state index in [1.54, 1.807) is 19.2 Å². The minimum atomic E-state index is -0.738. The van der Waals surface area contributed by atoms with Crippen LogP contribution in [0.3, 0.4) is 0 Å². The minimum absolute atomic E-state index is 0.0980. The monoisotopic (exact) mass is 441 g/mol. The summed E-state index contributed by atoms with van der Waals surface area (Å²) >= 11 is 6.00. The number of carbonyl (C=O) groups is 1. The molecule has 7 heteroatoms. The van der Waals surface area contributed by atoms with Gasteiger partial charge in [-0.15, -0.1) is 0 Å². The maximum atomic E-state index is 13.8. The summed E-state index contributed by atoms with van der Waals surface area (Å²) in [5.74, 6) is -1.38. The van der Waals surface area contributed by atoms with E-state index in [-0.39, 0.29) is 11.6 Å². The van der Waals surface area contributed by atoms with E-state index < -0.39 is 29.3 Å². The SMILES string of the molecule is COc1ccc(CN2C(=O)C(O)=C(c3ccc(F)cc3)[C@@H]2c2ccc(F)c(Cl)c2)cc1. The highest BCUT2D eigenvalue weighted by atomic mass is 35.5. The third-order valence-electron chi connectivity index (χ3n) is 5.23. The third kappa shape index (κ3) is 3.99. The number of rotatable bonds is 5. The average Bonchev–Trinajstić information content (AvgIpc) is 3.02. The van der Waals surface area contributed by atoms with Crippen LogP contribution in [0.4, 0.5) is 8.78 Å². The first-order valence-electron chi connectivity index (χ1n) is 9.47. The van der Waals surface area contributed by atoms with Gasteiger partial charge >= 0.3 is 0 Å². The fourth-order valence-corrected chi connectivity index (χ4v) is 3.89. The summed E-state index contributed by atoms with van der Waals surface area (Å²) in [6.07, 6.45) is 0. The molecule has 0 saturated carbocycles. The van der Waals surface area contributed by atoms with Crippen LogP contribution in [-0.2, 0) is 11.3 Å².